The lowest BCUT2D eigenvalue weighted by Gasteiger charge is -2.14. The highest BCUT2D eigenvalue weighted by molar-refractivity contribution is 7.13. The molecule has 7 heteroatoms. The Balaban J connectivity index is 1.86. The van der Waals surface area contributed by atoms with Crippen LogP contribution in [0.3, 0.4) is 0 Å². The molecule has 0 atom stereocenters. The Labute approximate surface area is 182 Å². The maximum atomic E-state index is 12.9. The van der Waals surface area contributed by atoms with Gasteiger partial charge in [0.25, 0.3) is 0 Å². The smallest absolute Gasteiger partial charge is 0.288 e. The van der Waals surface area contributed by atoms with Gasteiger partial charge in [0, 0.05) is 21.9 Å². The average Bonchev–Trinajstić information content (AvgIpc) is 3.22. The van der Waals surface area contributed by atoms with Crippen molar-refractivity contribution in [2.75, 3.05) is 0 Å². The first-order valence-corrected chi connectivity index (χ1v) is 10.3. The number of aromatic nitrogens is 1. The van der Waals surface area contributed by atoms with E-state index in [0.717, 1.165) is 34.5 Å². The Morgan fingerprint density at radius 3 is 2.32 bits per heavy atom. The van der Waals surface area contributed by atoms with Crippen LogP contribution in [0.2, 0.25) is 0 Å². The van der Waals surface area contributed by atoms with Gasteiger partial charge in [-0.05, 0) is 23.8 Å². The Morgan fingerprint density at radius 2 is 1.77 bits per heavy atom. The summed E-state index contributed by atoms with van der Waals surface area (Å²) < 4.78 is 38.7. The van der Waals surface area contributed by atoms with Gasteiger partial charge in [-0.25, -0.2) is 4.98 Å². The lowest BCUT2D eigenvalue weighted by molar-refractivity contribution is -0.137. The van der Waals surface area contributed by atoms with Gasteiger partial charge >= 0.3 is 6.18 Å². The molecule has 0 saturated heterocycles. The van der Waals surface area contributed by atoms with E-state index in [4.69, 9.17) is 0 Å². The highest BCUT2D eigenvalue weighted by Crippen LogP contribution is 2.31. The number of carbonyl (C=O) groups excluding carboxylic acids is 1. The fourth-order valence-electron chi connectivity index (χ4n) is 2.78. The number of thiazole rings is 1. The van der Waals surface area contributed by atoms with Crippen molar-refractivity contribution in [2.45, 2.75) is 32.4 Å². The fourth-order valence-corrected chi connectivity index (χ4v) is 3.83. The molecule has 158 valence electrons. The summed E-state index contributed by atoms with van der Waals surface area (Å²) >= 11 is 1.53. The molecule has 3 aromatic rings. The second-order valence-electron chi connectivity index (χ2n) is 7.99. The van der Waals surface area contributed by atoms with E-state index in [0.29, 0.717) is 5.56 Å². The van der Waals surface area contributed by atoms with E-state index >= 15 is 0 Å². The number of hydrogen-bond donors (Lipinski definition) is 0. The molecule has 31 heavy (non-hydrogen) atoms. The molecular weight excluding hydrogens is 421 g/mol. The molecule has 0 aliphatic heterocycles. The number of nitrogens with zero attached hydrogens (tertiary/aromatic N) is 2. The summed E-state index contributed by atoms with van der Waals surface area (Å²) in [6.45, 7) is 6.26. The molecule has 0 bridgehead atoms. The summed E-state index contributed by atoms with van der Waals surface area (Å²) in [4.78, 5) is 17.2. The summed E-state index contributed by atoms with van der Waals surface area (Å²) in [5.74, 6) is -0.757. The number of nitriles is 1. The minimum Gasteiger partial charge on any atom is -0.288 e. The maximum Gasteiger partial charge on any atom is 0.416 e. The van der Waals surface area contributed by atoms with Gasteiger partial charge in [-0.15, -0.1) is 11.3 Å². The van der Waals surface area contributed by atoms with Gasteiger partial charge < -0.3 is 0 Å². The van der Waals surface area contributed by atoms with E-state index < -0.39 is 17.5 Å². The number of Topliss-reactive ketones (excluding diaryl/α,β-unsaturated/α-hetero) is 1. The third-order valence-electron chi connectivity index (χ3n) is 4.56. The molecule has 1 aromatic heterocycles. The molecular formula is C24H19F3N2OS. The van der Waals surface area contributed by atoms with Crippen LogP contribution in [0.4, 0.5) is 13.2 Å². The lowest BCUT2D eigenvalue weighted by Crippen LogP contribution is -2.11. The van der Waals surface area contributed by atoms with Gasteiger partial charge in [0.15, 0.2) is 0 Å². The third-order valence-corrected chi connectivity index (χ3v) is 5.45. The largest absolute Gasteiger partial charge is 0.416 e. The average molecular weight is 440 g/mol. The monoisotopic (exact) mass is 440 g/mol. The van der Waals surface area contributed by atoms with E-state index in [9.17, 15) is 23.2 Å². The first-order chi connectivity index (χ1) is 14.5. The van der Waals surface area contributed by atoms with Gasteiger partial charge in [0.2, 0.25) is 5.78 Å². The normalized spacial score (nSPS) is 12.5. The zero-order valence-corrected chi connectivity index (χ0v) is 17.9. The van der Waals surface area contributed by atoms with Gasteiger partial charge in [0.05, 0.1) is 11.3 Å². The van der Waals surface area contributed by atoms with Crippen molar-refractivity contribution in [3.63, 3.8) is 0 Å². The number of benzene rings is 2. The molecule has 2 aromatic carbocycles. The molecule has 3 rings (SSSR count). The SMILES string of the molecule is CC(C)(C)c1csc(-c2ccc(/C=C(\C#N)C(=O)c3cccc(C(F)(F)F)c3)cc2)n1. The van der Waals surface area contributed by atoms with Crippen LogP contribution in [0.25, 0.3) is 16.6 Å². The summed E-state index contributed by atoms with van der Waals surface area (Å²) in [5.41, 5.74) is 1.08. The minimum absolute atomic E-state index is 0.0527. The van der Waals surface area contributed by atoms with Crippen LogP contribution in [0.5, 0.6) is 0 Å². The zero-order valence-electron chi connectivity index (χ0n) is 17.1. The quantitative estimate of drug-likeness (QED) is 0.251. The molecule has 0 amide bonds. The zero-order chi connectivity index (χ0) is 22.8. The van der Waals surface area contributed by atoms with Crippen molar-refractivity contribution in [1.82, 2.24) is 4.98 Å². The summed E-state index contributed by atoms with van der Waals surface area (Å²) in [6.07, 6.45) is -3.19. The van der Waals surface area contributed by atoms with Crippen molar-refractivity contribution in [3.05, 3.63) is 81.9 Å². The van der Waals surface area contributed by atoms with Crippen molar-refractivity contribution in [3.8, 4) is 16.6 Å². The van der Waals surface area contributed by atoms with Crippen molar-refractivity contribution >= 4 is 23.2 Å². The Kier molecular flexibility index (Phi) is 6.14. The van der Waals surface area contributed by atoms with E-state index in [1.165, 1.54) is 23.5 Å². The van der Waals surface area contributed by atoms with Crippen LogP contribution in [-0.2, 0) is 11.6 Å². The number of rotatable bonds is 4. The maximum absolute atomic E-state index is 12.9. The molecule has 0 unspecified atom stereocenters. The molecule has 0 N–H and O–H groups in total. The summed E-state index contributed by atoms with van der Waals surface area (Å²) in [7, 11) is 0. The highest BCUT2D eigenvalue weighted by atomic mass is 32.1. The van der Waals surface area contributed by atoms with Gasteiger partial charge in [-0.2, -0.15) is 18.4 Å². The van der Waals surface area contributed by atoms with E-state index in [1.807, 2.05) is 17.5 Å². The second kappa shape index (κ2) is 8.48. The van der Waals surface area contributed by atoms with E-state index in [-0.39, 0.29) is 16.6 Å². The number of carbonyl (C=O) groups is 1. The fraction of sp³-hybridized carbons (Fsp3) is 0.208. The van der Waals surface area contributed by atoms with Crippen LogP contribution in [0.15, 0.2) is 59.5 Å². The van der Waals surface area contributed by atoms with Crippen molar-refractivity contribution < 1.29 is 18.0 Å². The molecule has 0 spiro atoms. The molecule has 0 radical (unpaired) electrons. The molecule has 0 saturated carbocycles. The molecule has 0 aliphatic carbocycles. The first-order valence-electron chi connectivity index (χ1n) is 9.39. The molecule has 1 heterocycles. The number of hydrogen-bond acceptors (Lipinski definition) is 4. The van der Waals surface area contributed by atoms with Crippen molar-refractivity contribution in [2.24, 2.45) is 0 Å². The topological polar surface area (TPSA) is 53.8 Å². The molecule has 3 nitrogen and oxygen atoms in total. The second-order valence-corrected chi connectivity index (χ2v) is 8.85. The first kappa shape index (κ1) is 22.4. The van der Waals surface area contributed by atoms with Gasteiger partial charge in [-0.1, -0.05) is 57.2 Å². The van der Waals surface area contributed by atoms with Crippen LogP contribution < -0.4 is 0 Å². The van der Waals surface area contributed by atoms with E-state index in [2.05, 4.69) is 25.8 Å². The van der Waals surface area contributed by atoms with Crippen LogP contribution in [0, 0.1) is 11.3 Å². The lowest BCUT2D eigenvalue weighted by atomic mass is 9.93. The third kappa shape index (κ3) is 5.28. The predicted molar refractivity (Wildman–Crippen MR) is 116 cm³/mol. The van der Waals surface area contributed by atoms with Crippen LogP contribution >= 0.6 is 11.3 Å². The van der Waals surface area contributed by atoms with Gasteiger partial charge in [-0.3, -0.25) is 4.79 Å². The number of allylic oxidation sites excluding steroid dienone is 1. The Morgan fingerprint density at radius 1 is 1.10 bits per heavy atom. The van der Waals surface area contributed by atoms with E-state index in [1.54, 1.807) is 18.2 Å². The standard InChI is InChI=1S/C24H19F3N2OS/c1-23(2,3)20-14-31-22(29-20)16-9-7-15(8-10-16)11-18(13-28)21(30)17-5-4-6-19(12-17)24(25,26)27/h4-12,14H,1-3H3/b18-11+. The summed E-state index contributed by atoms with van der Waals surface area (Å²) in [6, 6.07) is 13.0. The predicted octanol–water partition coefficient (Wildman–Crippen LogP) is 6.92. The van der Waals surface area contributed by atoms with Crippen LogP contribution in [-0.4, -0.2) is 10.8 Å². The van der Waals surface area contributed by atoms with Crippen LogP contribution in [0.1, 0.15) is 48.0 Å². The molecule has 0 fully saturated rings. The number of ketones is 1. The molecule has 0 aliphatic rings. The number of alkyl halides is 3. The Hall–Kier alpha value is -3.24. The van der Waals surface area contributed by atoms with Crippen molar-refractivity contribution in [1.29, 1.82) is 5.26 Å². The highest BCUT2D eigenvalue weighted by Gasteiger charge is 2.31. The minimum atomic E-state index is -4.56. The summed E-state index contributed by atoms with van der Waals surface area (Å²) in [5, 5.41) is 12.3. The van der Waals surface area contributed by atoms with Gasteiger partial charge in [0.1, 0.15) is 16.6 Å². The Bertz CT molecular complexity index is 1180. The number of halogens is 3.